The molecule has 5 heteroatoms. The van der Waals surface area contributed by atoms with Gasteiger partial charge < -0.3 is 15.0 Å². The van der Waals surface area contributed by atoms with Crippen molar-refractivity contribution in [1.82, 2.24) is 4.57 Å². The number of aromatic nitrogens is 1. The van der Waals surface area contributed by atoms with Crippen molar-refractivity contribution in [1.29, 1.82) is 0 Å². The van der Waals surface area contributed by atoms with Crippen molar-refractivity contribution in [3.05, 3.63) is 35.3 Å². The molecule has 0 spiro atoms. The molecule has 0 unspecified atom stereocenters. The van der Waals surface area contributed by atoms with E-state index >= 15 is 0 Å². The van der Waals surface area contributed by atoms with Crippen LogP contribution in [0.1, 0.15) is 30.0 Å². The fourth-order valence-corrected chi connectivity index (χ4v) is 3.29. The van der Waals surface area contributed by atoms with Crippen molar-refractivity contribution in [3.8, 4) is 0 Å². The molecule has 0 saturated heterocycles. The third-order valence-corrected chi connectivity index (χ3v) is 4.43. The fraction of sp³-hybridized carbons (Fsp3) is 0.438. The second kappa shape index (κ2) is 5.15. The molecule has 2 N–H and O–H groups in total. The van der Waals surface area contributed by atoms with Gasteiger partial charge in [-0.05, 0) is 49.4 Å². The Bertz CT molecular complexity index is 702. The predicted octanol–water partition coefficient (Wildman–Crippen LogP) is 2.47. The molecule has 112 valence electrons. The summed E-state index contributed by atoms with van der Waals surface area (Å²) in [5.41, 5.74) is 8.87. The van der Waals surface area contributed by atoms with E-state index in [2.05, 4.69) is 0 Å². The zero-order valence-corrected chi connectivity index (χ0v) is 12.2. The SMILES string of the molecule is COC(=O)Cn1c(C)c(C2CC(N)C2)c2cc(F)ccc21. The second-order valence-corrected chi connectivity index (χ2v) is 5.75. The fourth-order valence-electron chi connectivity index (χ4n) is 3.29. The Kier molecular flexibility index (Phi) is 3.45. The van der Waals surface area contributed by atoms with Gasteiger partial charge in [0.25, 0.3) is 0 Å². The van der Waals surface area contributed by atoms with E-state index < -0.39 is 0 Å². The Morgan fingerprint density at radius 3 is 2.81 bits per heavy atom. The molecule has 0 amide bonds. The standard InChI is InChI=1S/C16H19FN2O2/c1-9-16(10-5-12(18)6-10)13-7-11(17)3-4-14(13)19(9)8-15(20)21-2/h3-4,7,10,12H,5-6,8,18H2,1-2H3. The first-order chi connectivity index (χ1) is 10.0. The van der Waals surface area contributed by atoms with Crippen molar-refractivity contribution in [2.75, 3.05) is 7.11 Å². The number of carbonyl (C=O) groups is 1. The number of rotatable bonds is 3. The number of fused-ring (bicyclic) bond motifs is 1. The number of carbonyl (C=O) groups excluding carboxylic acids is 1. The van der Waals surface area contributed by atoms with Crippen LogP contribution in [-0.4, -0.2) is 23.7 Å². The van der Waals surface area contributed by atoms with Crippen LogP contribution in [0.2, 0.25) is 0 Å². The molecule has 0 atom stereocenters. The monoisotopic (exact) mass is 290 g/mol. The summed E-state index contributed by atoms with van der Waals surface area (Å²) in [6.07, 6.45) is 1.82. The van der Waals surface area contributed by atoms with Crippen LogP contribution in [0.5, 0.6) is 0 Å². The largest absolute Gasteiger partial charge is 0.468 e. The van der Waals surface area contributed by atoms with Gasteiger partial charge in [-0.1, -0.05) is 0 Å². The predicted molar refractivity (Wildman–Crippen MR) is 78.6 cm³/mol. The maximum Gasteiger partial charge on any atom is 0.325 e. The van der Waals surface area contributed by atoms with Crippen LogP contribution >= 0.6 is 0 Å². The van der Waals surface area contributed by atoms with Crippen LogP contribution in [0.15, 0.2) is 18.2 Å². The van der Waals surface area contributed by atoms with E-state index in [4.69, 9.17) is 10.5 Å². The maximum absolute atomic E-state index is 13.6. The van der Waals surface area contributed by atoms with Crippen LogP contribution < -0.4 is 5.73 Å². The minimum atomic E-state index is -0.309. The molecule has 21 heavy (non-hydrogen) atoms. The second-order valence-electron chi connectivity index (χ2n) is 5.75. The number of nitrogens with zero attached hydrogens (tertiary/aromatic N) is 1. The smallest absolute Gasteiger partial charge is 0.325 e. The minimum absolute atomic E-state index is 0.142. The molecule has 2 aromatic rings. The summed E-state index contributed by atoms with van der Waals surface area (Å²) < 4.78 is 20.3. The molecule has 1 heterocycles. The average molecular weight is 290 g/mol. The zero-order valence-electron chi connectivity index (χ0n) is 12.2. The van der Waals surface area contributed by atoms with E-state index in [0.717, 1.165) is 35.0 Å². The molecule has 0 aliphatic heterocycles. The lowest BCUT2D eigenvalue weighted by atomic mass is 9.75. The van der Waals surface area contributed by atoms with Crippen molar-refractivity contribution in [2.24, 2.45) is 5.73 Å². The van der Waals surface area contributed by atoms with Gasteiger partial charge in [0.1, 0.15) is 12.4 Å². The summed E-state index contributed by atoms with van der Waals surface area (Å²) in [6.45, 7) is 2.11. The number of esters is 1. The van der Waals surface area contributed by atoms with Gasteiger partial charge in [0.15, 0.2) is 0 Å². The summed E-state index contributed by atoms with van der Waals surface area (Å²) in [5.74, 6) is -0.220. The number of hydrogen-bond acceptors (Lipinski definition) is 3. The van der Waals surface area contributed by atoms with Crippen LogP contribution in [0.25, 0.3) is 10.9 Å². The summed E-state index contributed by atoms with van der Waals surface area (Å²) in [5, 5.41) is 0.883. The molecule has 0 bridgehead atoms. The molecule has 0 radical (unpaired) electrons. The lowest BCUT2D eigenvalue weighted by Gasteiger charge is -2.33. The molecule has 3 rings (SSSR count). The van der Waals surface area contributed by atoms with Crippen molar-refractivity contribution in [3.63, 3.8) is 0 Å². The number of ether oxygens (including phenoxy) is 1. The molecule has 1 aromatic heterocycles. The molecule has 1 aromatic carbocycles. The zero-order chi connectivity index (χ0) is 15.1. The van der Waals surface area contributed by atoms with Gasteiger partial charge in [0.2, 0.25) is 0 Å². The molecular weight excluding hydrogens is 271 g/mol. The Hall–Kier alpha value is -1.88. The van der Waals surface area contributed by atoms with Crippen LogP contribution in [0.4, 0.5) is 4.39 Å². The quantitative estimate of drug-likeness (QED) is 0.883. The summed E-state index contributed by atoms with van der Waals surface area (Å²) in [4.78, 5) is 11.6. The van der Waals surface area contributed by atoms with Gasteiger partial charge in [-0.25, -0.2) is 4.39 Å². The molecule has 1 aliphatic rings. The minimum Gasteiger partial charge on any atom is -0.468 e. The van der Waals surface area contributed by atoms with Gasteiger partial charge in [-0.3, -0.25) is 4.79 Å². The van der Waals surface area contributed by atoms with Gasteiger partial charge in [-0.2, -0.15) is 0 Å². The van der Waals surface area contributed by atoms with Crippen LogP contribution in [-0.2, 0) is 16.1 Å². The normalized spacial score (nSPS) is 21.3. The van der Waals surface area contributed by atoms with Gasteiger partial charge in [0, 0.05) is 22.6 Å². The molecule has 1 aliphatic carbocycles. The maximum atomic E-state index is 13.6. The summed E-state index contributed by atoms with van der Waals surface area (Å²) >= 11 is 0. The Labute approximate surface area is 122 Å². The van der Waals surface area contributed by atoms with E-state index in [0.29, 0.717) is 5.92 Å². The Balaban J connectivity index is 2.14. The molecular formula is C16H19FN2O2. The van der Waals surface area contributed by atoms with Crippen LogP contribution in [0.3, 0.4) is 0 Å². The van der Waals surface area contributed by atoms with E-state index in [9.17, 15) is 9.18 Å². The lowest BCUT2D eigenvalue weighted by Crippen LogP contribution is -2.35. The Morgan fingerprint density at radius 2 is 2.19 bits per heavy atom. The Morgan fingerprint density at radius 1 is 1.48 bits per heavy atom. The third-order valence-electron chi connectivity index (χ3n) is 4.43. The topological polar surface area (TPSA) is 57.2 Å². The number of halogens is 1. The van der Waals surface area contributed by atoms with E-state index in [1.165, 1.54) is 13.2 Å². The van der Waals surface area contributed by atoms with E-state index in [1.807, 2.05) is 11.5 Å². The first-order valence-corrected chi connectivity index (χ1v) is 7.12. The number of benzene rings is 1. The summed E-state index contributed by atoms with van der Waals surface area (Å²) in [7, 11) is 1.37. The highest BCUT2D eigenvalue weighted by Gasteiger charge is 2.32. The number of methoxy groups -OCH3 is 1. The van der Waals surface area contributed by atoms with Crippen molar-refractivity contribution >= 4 is 16.9 Å². The van der Waals surface area contributed by atoms with E-state index in [-0.39, 0.29) is 24.4 Å². The van der Waals surface area contributed by atoms with E-state index in [1.54, 1.807) is 12.1 Å². The molecule has 1 saturated carbocycles. The average Bonchev–Trinajstić information content (AvgIpc) is 2.67. The first kappa shape index (κ1) is 14.1. The van der Waals surface area contributed by atoms with Gasteiger partial charge >= 0.3 is 5.97 Å². The number of nitrogens with two attached hydrogens (primary N) is 1. The van der Waals surface area contributed by atoms with Crippen molar-refractivity contribution < 1.29 is 13.9 Å². The molecule has 1 fully saturated rings. The highest BCUT2D eigenvalue weighted by atomic mass is 19.1. The molecule has 4 nitrogen and oxygen atoms in total. The van der Waals surface area contributed by atoms with Crippen molar-refractivity contribution in [2.45, 2.75) is 38.3 Å². The first-order valence-electron chi connectivity index (χ1n) is 7.12. The third kappa shape index (κ3) is 2.31. The van der Waals surface area contributed by atoms with Gasteiger partial charge in [0.05, 0.1) is 7.11 Å². The summed E-state index contributed by atoms with van der Waals surface area (Å²) in [6, 6.07) is 4.92. The highest BCUT2D eigenvalue weighted by Crippen LogP contribution is 2.42. The lowest BCUT2D eigenvalue weighted by molar-refractivity contribution is -0.141. The number of hydrogen-bond donors (Lipinski definition) is 1. The highest BCUT2D eigenvalue weighted by molar-refractivity contribution is 5.87. The van der Waals surface area contributed by atoms with Crippen LogP contribution in [0, 0.1) is 12.7 Å². The van der Waals surface area contributed by atoms with Gasteiger partial charge in [-0.15, -0.1) is 0 Å².